The largest absolute Gasteiger partial charge is 0.497 e. The molecule has 0 aromatic heterocycles. The van der Waals surface area contributed by atoms with Crippen molar-refractivity contribution < 1.29 is 14.3 Å². The van der Waals surface area contributed by atoms with Gasteiger partial charge < -0.3 is 20.1 Å². The molecular formula is C20H33Cl2N3O3. The van der Waals surface area contributed by atoms with Gasteiger partial charge in [0, 0.05) is 38.3 Å². The number of benzene rings is 1. The molecule has 3 rings (SSSR count). The third kappa shape index (κ3) is 5.66. The van der Waals surface area contributed by atoms with Crippen LogP contribution in [0.25, 0.3) is 0 Å². The maximum absolute atomic E-state index is 12.9. The molecule has 160 valence electrons. The van der Waals surface area contributed by atoms with Gasteiger partial charge in [0.05, 0.1) is 19.8 Å². The second kappa shape index (κ2) is 11.1. The van der Waals surface area contributed by atoms with Gasteiger partial charge in [-0.3, -0.25) is 9.69 Å². The van der Waals surface area contributed by atoms with E-state index < -0.39 is 5.54 Å². The molecular weight excluding hydrogens is 401 g/mol. The summed E-state index contributed by atoms with van der Waals surface area (Å²) < 4.78 is 10.8. The highest BCUT2D eigenvalue weighted by Crippen LogP contribution is 2.29. The lowest BCUT2D eigenvalue weighted by molar-refractivity contribution is -0.140. The topological polar surface area (TPSA) is 68.0 Å². The van der Waals surface area contributed by atoms with Crippen molar-refractivity contribution in [3.8, 4) is 11.5 Å². The molecule has 0 bridgehead atoms. The molecule has 0 atom stereocenters. The molecule has 1 aromatic rings. The van der Waals surface area contributed by atoms with Crippen LogP contribution in [-0.4, -0.2) is 61.6 Å². The van der Waals surface area contributed by atoms with E-state index in [1.165, 1.54) is 6.42 Å². The summed E-state index contributed by atoms with van der Waals surface area (Å²) in [6.07, 6.45) is 4.98. The van der Waals surface area contributed by atoms with Gasteiger partial charge in [0.2, 0.25) is 5.91 Å². The van der Waals surface area contributed by atoms with Crippen LogP contribution in [0.15, 0.2) is 18.2 Å². The van der Waals surface area contributed by atoms with E-state index in [1.54, 1.807) is 14.2 Å². The van der Waals surface area contributed by atoms with E-state index >= 15 is 0 Å². The van der Waals surface area contributed by atoms with Crippen LogP contribution >= 0.6 is 24.8 Å². The minimum absolute atomic E-state index is 0. The second-order valence-corrected chi connectivity index (χ2v) is 7.46. The molecule has 6 nitrogen and oxygen atoms in total. The molecule has 1 aromatic carbocycles. The predicted molar refractivity (Wildman–Crippen MR) is 116 cm³/mol. The fourth-order valence-corrected chi connectivity index (χ4v) is 4.07. The number of nitrogens with two attached hydrogens (primary N) is 1. The Morgan fingerprint density at radius 3 is 2.25 bits per heavy atom. The molecule has 1 saturated carbocycles. The number of hydrogen-bond acceptors (Lipinski definition) is 5. The van der Waals surface area contributed by atoms with Gasteiger partial charge in [-0.05, 0) is 31.0 Å². The van der Waals surface area contributed by atoms with Gasteiger partial charge in [0.15, 0.2) is 0 Å². The maximum atomic E-state index is 12.9. The van der Waals surface area contributed by atoms with Gasteiger partial charge in [-0.1, -0.05) is 19.3 Å². The summed E-state index contributed by atoms with van der Waals surface area (Å²) in [7, 11) is 3.36. The Bertz CT molecular complexity index is 631. The van der Waals surface area contributed by atoms with Crippen LogP contribution in [0, 0.1) is 0 Å². The van der Waals surface area contributed by atoms with Crippen molar-refractivity contribution in [2.45, 2.75) is 44.2 Å². The first kappa shape index (κ1) is 24.8. The minimum atomic E-state index is -0.629. The summed E-state index contributed by atoms with van der Waals surface area (Å²) in [6.45, 7) is 3.97. The third-order valence-corrected chi connectivity index (χ3v) is 5.71. The number of carbonyl (C=O) groups excluding carboxylic acids is 1. The van der Waals surface area contributed by atoms with Crippen molar-refractivity contribution in [2.75, 3.05) is 40.4 Å². The number of methoxy groups -OCH3 is 2. The Kier molecular flexibility index (Phi) is 9.84. The number of amides is 1. The Morgan fingerprint density at radius 2 is 1.68 bits per heavy atom. The zero-order valence-electron chi connectivity index (χ0n) is 16.8. The predicted octanol–water partition coefficient (Wildman–Crippen LogP) is 2.85. The van der Waals surface area contributed by atoms with E-state index in [4.69, 9.17) is 15.2 Å². The molecule has 1 heterocycles. The first-order valence-corrected chi connectivity index (χ1v) is 9.57. The zero-order chi connectivity index (χ0) is 18.6. The molecule has 2 N–H and O–H groups in total. The average Bonchev–Trinajstić information content (AvgIpc) is 2.68. The third-order valence-electron chi connectivity index (χ3n) is 5.71. The summed E-state index contributed by atoms with van der Waals surface area (Å²) in [5.74, 6) is 1.85. The first-order valence-electron chi connectivity index (χ1n) is 9.57. The Balaban J connectivity index is 0.00000196. The van der Waals surface area contributed by atoms with Crippen LogP contribution in [0.3, 0.4) is 0 Å². The quantitative estimate of drug-likeness (QED) is 0.772. The van der Waals surface area contributed by atoms with Gasteiger partial charge in [0.1, 0.15) is 11.5 Å². The maximum Gasteiger partial charge on any atom is 0.242 e. The number of ether oxygens (including phenoxy) is 2. The van der Waals surface area contributed by atoms with Crippen LogP contribution in [0.4, 0.5) is 0 Å². The van der Waals surface area contributed by atoms with Crippen molar-refractivity contribution in [1.29, 1.82) is 0 Å². The lowest BCUT2D eigenvalue weighted by Crippen LogP contribution is -2.60. The average molecular weight is 434 g/mol. The zero-order valence-corrected chi connectivity index (χ0v) is 18.4. The van der Waals surface area contributed by atoms with Crippen LogP contribution in [0.2, 0.25) is 0 Å². The number of rotatable bonds is 5. The van der Waals surface area contributed by atoms with Gasteiger partial charge in [-0.2, -0.15) is 0 Å². The monoisotopic (exact) mass is 433 g/mol. The van der Waals surface area contributed by atoms with Crippen LogP contribution in [0.1, 0.15) is 37.7 Å². The number of nitrogens with zero attached hydrogens (tertiary/aromatic N) is 2. The standard InChI is InChI=1S/C20H31N3O3.2ClH/c1-25-17-6-7-18(26-2)16(14-17)15-22-10-12-23(13-11-22)19(24)20(21)8-4-3-5-9-20;;/h6-7,14H,3-5,8-13,15,21H2,1-2H3;2*1H. The van der Waals surface area contributed by atoms with Crippen LogP contribution < -0.4 is 15.2 Å². The number of hydrogen-bond donors (Lipinski definition) is 1. The lowest BCUT2D eigenvalue weighted by Gasteiger charge is -2.41. The molecule has 8 heteroatoms. The lowest BCUT2D eigenvalue weighted by atomic mass is 9.81. The Morgan fingerprint density at radius 1 is 1.04 bits per heavy atom. The van der Waals surface area contributed by atoms with Gasteiger partial charge in [-0.15, -0.1) is 24.8 Å². The Labute approximate surface area is 180 Å². The van der Waals surface area contributed by atoms with Crippen molar-refractivity contribution in [3.63, 3.8) is 0 Å². The summed E-state index contributed by atoms with van der Waals surface area (Å²) in [6, 6.07) is 5.87. The van der Waals surface area contributed by atoms with Crippen molar-refractivity contribution in [3.05, 3.63) is 23.8 Å². The van der Waals surface area contributed by atoms with Crippen molar-refractivity contribution in [2.24, 2.45) is 5.73 Å². The molecule has 1 amide bonds. The van der Waals surface area contributed by atoms with Gasteiger partial charge in [0.25, 0.3) is 0 Å². The van der Waals surface area contributed by atoms with E-state index in [-0.39, 0.29) is 30.7 Å². The summed E-state index contributed by atoms with van der Waals surface area (Å²) in [4.78, 5) is 17.2. The van der Waals surface area contributed by atoms with Crippen LogP contribution in [0.5, 0.6) is 11.5 Å². The highest BCUT2D eigenvalue weighted by Gasteiger charge is 2.39. The highest BCUT2D eigenvalue weighted by molar-refractivity contribution is 5.86. The van der Waals surface area contributed by atoms with E-state index in [1.807, 2.05) is 23.1 Å². The molecule has 1 aliphatic heterocycles. The molecule has 1 aliphatic carbocycles. The summed E-state index contributed by atoms with van der Waals surface area (Å²) >= 11 is 0. The summed E-state index contributed by atoms with van der Waals surface area (Å²) in [5, 5.41) is 0. The van der Waals surface area contributed by atoms with Crippen LogP contribution in [-0.2, 0) is 11.3 Å². The number of carbonyl (C=O) groups is 1. The molecule has 0 unspecified atom stereocenters. The Hall–Kier alpha value is -1.21. The van der Waals surface area contributed by atoms with E-state index in [2.05, 4.69) is 4.90 Å². The molecule has 0 radical (unpaired) electrons. The fourth-order valence-electron chi connectivity index (χ4n) is 4.07. The molecule has 2 aliphatic rings. The van der Waals surface area contributed by atoms with Crippen molar-refractivity contribution in [1.82, 2.24) is 9.80 Å². The fraction of sp³-hybridized carbons (Fsp3) is 0.650. The molecule has 28 heavy (non-hydrogen) atoms. The molecule has 2 fully saturated rings. The second-order valence-electron chi connectivity index (χ2n) is 7.46. The highest BCUT2D eigenvalue weighted by atomic mass is 35.5. The number of piperazine rings is 1. The van der Waals surface area contributed by atoms with E-state index in [0.29, 0.717) is 0 Å². The van der Waals surface area contributed by atoms with Crippen molar-refractivity contribution >= 4 is 30.7 Å². The summed E-state index contributed by atoms with van der Waals surface area (Å²) in [5.41, 5.74) is 6.90. The van der Waals surface area contributed by atoms with Gasteiger partial charge >= 0.3 is 0 Å². The first-order chi connectivity index (χ1) is 12.6. The number of halogens is 2. The van der Waals surface area contributed by atoms with Gasteiger partial charge in [-0.25, -0.2) is 0 Å². The van der Waals surface area contributed by atoms with E-state index in [9.17, 15) is 4.79 Å². The smallest absolute Gasteiger partial charge is 0.242 e. The molecule has 0 spiro atoms. The normalized spacial score (nSPS) is 19.2. The minimum Gasteiger partial charge on any atom is -0.497 e. The SMILES string of the molecule is COc1ccc(OC)c(CN2CCN(C(=O)C3(N)CCCCC3)CC2)c1.Cl.Cl. The van der Waals surface area contributed by atoms with E-state index in [0.717, 1.165) is 75.5 Å². The molecule has 1 saturated heterocycles.